The standard InChI is InChI=1S/C10H20N2O2/c11-9(14)8(13)10(12)6-4-2-1-3-5-7-10/h8,13H,1-7,12H2,(H2,11,14). The Bertz CT molecular complexity index is 198. The first-order chi connectivity index (χ1) is 6.56. The van der Waals surface area contributed by atoms with Crippen LogP contribution in [0.4, 0.5) is 0 Å². The van der Waals surface area contributed by atoms with Gasteiger partial charge in [-0.15, -0.1) is 0 Å². The van der Waals surface area contributed by atoms with Gasteiger partial charge in [0.25, 0.3) is 0 Å². The molecule has 1 saturated carbocycles. The van der Waals surface area contributed by atoms with Crippen molar-refractivity contribution in [2.45, 2.75) is 56.6 Å². The molecule has 0 bridgehead atoms. The Balaban J connectivity index is 2.62. The lowest BCUT2D eigenvalue weighted by Gasteiger charge is -2.34. The fourth-order valence-electron chi connectivity index (χ4n) is 2.12. The van der Waals surface area contributed by atoms with Crippen LogP contribution in [0.2, 0.25) is 0 Å². The van der Waals surface area contributed by atoms with Gasteiger partial charge >= 0.3 is 0 Å². The summed E-state index contributed by atoms with van der Waals surface area (Å²) in [6, 6.07) is 0. The number of amides is 1. The number of carbonyl (C=O) groups excluding carboxylic acids is 1. The van der Waals surface area contributed by atoms with Crippen LogP contribution < -0.4 is 11.5 Å². The van der Waals surface area contributed by atoms with Crippen LogP contribution in [0, 0.1) is 0 Å². The van der Waals surface area contributed by atoms with E-state index in [1.54, 1.807) is 0 Å². The third-order valence-corrected chi connectivity index (χ3v) is 3.10. The summed E-state index contributed by atoms with van der Waals surface area (Å²) < 4.78 is 0. The first kappa shape index (κ1) is 11.5. The van der Waals surface area contributed by atoms with Gasteiger partial charge in [0.1, 0.15) is 6.10 Å². The minimum absolute atomic E-state index is 0.692. The molecule has 0 radical (unpaired) electrons. The fraction of sp³-hybridized carbons (Fsp3) is 0.900. The third-order valence-electron chi connectivity index (χ3n) is 3.10. The second-order valence-corrected chi connectivity index (χ2v) is 4.31. The van der Waals surface area contributed by atoms with Gasteiger partial charge in [-0.2, -0.15) is 0 Å². The molecule has 0 aromatic rings. The lowest BCUT2D eigenvalue weighted by atomic mass is 9.80. The lowest BCUT2D eigenvalue weighted by molar-refractivity contribution is -0.130. The number of carbonyl (C=O) groups is 1. The van der Waals surface area contributed by atoms with Crippen LogP contribution in [-0.4, -0.2) is 22.7 Å². The van der Waals surface area contributed by atoms with Gasteiger partial charge < -0.3 is 16.6 Å². The van der Waals surface area contributed by atoms with E-state index in [2.05, 4.69) is 0 Å². The Hall–Kier alpha value is -0.610. The summed E-state index contributed by atoms with van der Waals surface area (Å²) in [5.41, 5.74) is 10.3. The molecule has 1 fully saturated rings. The van der Waals surface area contributed by atoms with E-state index in [0.717, 1.165) is 25.7 Å². The van der Waals surface area contributed by atoms with Crippen molar-refractivity contribution in [3.63, 3.8) is 0 Å². The Labute approximate surface area is 84.7 Å². The van der Waals surface area contributed by atoms with Gasteiger partial charge in [0.05, 0.1) is 5.54 Å². The van der Waals surface area contributed by atoms with Crippen LogP contribution in [0.3, 0.4) is 0 Å². The molecular weight excluding hydrogens is 180 g/mol. The summed E-state index contributed by atoms with van der Waals surface area (Å²) in [6.45, 7) is 0. The fourth-order valence-corrected chi connectivity index (χ4v) is 2.12. The molecule has 4 nitrogen and oxygen atoms in total. The number of rotatable bonds is 2. The van der Waals surface area contributed by atoms with Gasteiger partial charge in [-0.25, -0.2) is 0 Å². The molecule has 4 heteroatoms. The van der Waals surface area contributed by atoms with Gasteiger partial charge in [0.15, 0.2) is 0 Å². The van der Waals surface area contributed by atoms with E-state index in [1.807, 2.05) is 0 Å². The molecule has 0 saturated heterocycles. The molecule has 0 spiro atoms. The van der Waals surface area contributed by atoms with Crippen molar-refractivity contribution >= 4 is 5.91 Å². The molecule has 14 heavy (non-hydrogen) atoms. The summed E-state index contributed by atoms with van der Waals surface area (Å²) in [6.07, 6.45) is 5.62. The molecule has 0 aromatic heterocycles. The highest BCUT2D eigenvalue weighted by molar-refractivity contribution is 5.80. The molecule has 82 valence electrons. The van der Waals surface area contributed by atoms with E-state index in [9.17, 15) is 9.90 Å². The van der Waals surface area contributed by atoms with Crippen LogP contribution in [0.5, 0.6) is 0 Å². The summed E-state index contributed by atoms with van der Waals surface area (Å²) in [7, 11) is 0. The van der Waals surface area contributed by atoms with Gasteiger partial charge in [-0.3, -0.25) is 4.79 Å². The topological polar surface area (TPSA) is 89.3 Å². The summed E-state index contributed by atoms with van der Waals surface area (Å²) in [5.74, 6) is -0.701. The predicted molar refractivity (Wildman–Crippen MR) is 54.4 cm³/mol. The molecule has 0 aliphatic heterocycles. The molecule has 0 aromatic carbocycles. The average molecular weight is 200 g/mol. The molecule has 1 aliphatic rings. The van der Waals surface area contributed by atoms with E-state index in [-0.39, 0.29) is 0 Å². The Kier molecular flexibility index (Phi) is 3.89. The molecule has 1 amide bonds. The average Bonchev–Trinajstić information content (AvgIpc) is 2.10. The summed E-state index contributed by atoms with van der Waals surface area (Å²) in [5, 5.41) is 9.63. The monoisotopic (exact) mass is 200 g/mol. The van der Waals surface area contributed by atoms with Crippen LogP contribution in [0.1, 0.15) is 44.9 Å². The zero-order chi connectivity index (χ0) is 10.6. The normalized spacial score (nSPS) is 24.7. The minimum atomic E-state index is -1.19. The lowest BCUT2D eigenvalue weighted by Crippen LogP contribution is -2.56. The van der Waals surface area contributed by atoms with Gasteiger partial charge in [-0.05, 0) is 12.8 Å². The van der Waals surface area contributed by atoms with Gasteiger partial charge in [0.2, 0.25) is 5.91 Å². The molecular formula is C10H20N2O2. The van der Waals surface area contributed by atoms with E-state index >= 15 is 0 Å². The molecule has 1 rings (SSSR count). The number of aliphatic hydroxyl groups excluding tert-OH is 1. The van der Waals surface area contributed by atoms with Crippen LogP contribution in [0.15, 0.2) is 0 Å². The predicted octanol–water partition coefficient (Wildman–Crippen LogP) is 0.274. The van der Waals surface area contributed by atoms with Gasteiger partial charge in [-0.1, -0.05) is 32.1 Å². The Morgan fingerprint density at radius 1 is 1.14 bits per heavy atom. The minimum Gasteiger partial charge on any atom is -0.381 e. The third kappa shape index (κ3) is 2.69. The maximum absolute atomic E-state index is 10.9. The van der Waals surface area contributed by atoms with Crippen molar-refractivity contribution in [1.29, 1.82) is 0 Å². The first-order valence-corrected chi connectivity index (χ1v) is 5.32. The SMILES string of the molecule is NC(=O)C(O)C1(N)CCCCCCC1. The molecule has 1 atom stereocenters. The Morgan fingerprint density at radius 3 is 2.00 bits per heavy atom. The van der Waals surface area contributed by atoms with Crippen molar-refractivity contribution in [2.24, 2.45) is 11.5 Å². The number of aliphatic hydroxyl groups is 1. The molecule has 1 aliphatic carbocycles. The quantitative estimate of drug-likeness (QED) is 0.598. The maximum Gasteiger partial charge on any atom is 0.248 e. The molecule has 5 N–H and O–H groups in total. The number of nitrogens with two attached hydrogens (primary N) is 2. The van der Waals surface area contributed by atoms with Crippen molar-refractivity contribution in [1.82, 2.24) is 0 Å². The number of hydrogen-bond acceptors (Lipinski definition) is 3. The maximum atomic E-state index is 10.9. The number of primary amides is 1. The molecule has 1 unspecified atom stereocenters. The zero-order valence-electron chi connectivity index (χ0n) is 8.54. The Morgan fingerprint density at radius 2 is 1.57 bits per heavy atom. The van der Waals surface area contributed by atoms with Crippen LogP contribution in [0.25, 0.3) is 0 Å². The van der Waals surface area contributed by atoms with Crippen LogP contribution in [-0.2, 0) is 4.79 Å². The molecule has 0 heterocycles. The second kappa shape index (κ2) is 4.75. The van der Waals surface area contributed by atoms with E-state index in [1.165, 1.54) is 6.42 Å². The highest BCUT2D eigenvalue weighted by Crippen LogP contribution is 2.26. The number of hydrogen-bond donors (Lipinski definition) is 3. The highest BCUT2D eigenvalue weighted by Gasteiger charge is 2.36. The van der Waals surface area contributed by atoms with E-state index in [4.69, 9.17) is 11.5 Å². The zero-order valence-corrected chi connectivity index (χ0v) is 8.54. The van der Waals surface area contributed by atoms with Gasteiger partial charge in [0, 0.05) is 0 Å². The smallest absolute Gasteiger partial charge is 0.248 e. The highest BCUT2D eigenvalue weighted by atomic mass is 16.3. The van der Waals surface area contributed by atoms with Crippen molar-refractivity contribution in [3.05, 3.63) is 0 Å². The van der Waals surface area contributed by atoms with E-state index < -0.39 is 17.6 Å². The summed E-state index contributed by atoms with van der Waals surface area (Å²) in [4.78, 5) is 10.9. The van der Waals surface area contributed by atoms with Crippen molar-refractivity contribution in [3.8, 4) is 0 Å². The second-order valence-electron chi connectivity index (χ2n) is 4.31. The van der Waals surface area contributed by atoms with Crippen LogP contribution >= 0.6 is 0 Å². The summed E-state index contributed by atoms with van der Waals surface area (Å²) >= 11 is 0. The first-order valence-electron chi connectivity index (χ1n) is 5.32. The van der Waals surface area contributed by atoms with Crippen molar-refractivity contribution < 1.29 is 9.90 Å². The van der Waals surface area contributed by atoms with E-state index in [0.29, 0.717) is 12.8 Å². The van der Waals surface area contributed by atoms with Crippen molar-refractivity contribution in [2.75, 3.05) is 0 Å². The largest absolute Gasteiger partial charge is 0.381 e.